The molecule has 0 saturated carbocycles. The fourth-order valence-electron chi connectivity index (χ4n) is 4.48. The number of nitriles is 1. The van der Waals surface area contributed by atoms with Gasteiger partial charge in [-0.2, -0.15) is 5.26 Å². The van der Waals surface area contributed by atoms with Gasteiger partial charge in [-0.3, -0.25) is 9.59 Å². The van der Waals surface area contributed by atoms with Crippen molar-refractivity contribution in [3.63, 3.8) is 0 Å². The van der Waals surface area contributed by atoms with E-state index in [2.05, 4.69) is 16.7 Å². The summed E-state index contributed by atoms with van der Waals surface area (Å²) in [5.74, 6) is -0.562. The summed E-state index contributed by atoms with van der Waals surface area (Å²) in [6, 6.07) is 16.4. The van der Waals surface area contributed by atoms with Gasteiger partial charge in [0.25, 0.3) is 5.91 Å². The minimum Gasteiger partial charge on any atom is -0.468 e. The molecule has 0 aliphatic carbocycles. The number of hydrogen-bond donors (Lipinski definition) is 2. The second kappa shape index (κ2) is 11.1. The molecule has 0 fully saturated rings. The van der Waals surface area contributed by atoms with Gasteiger partial charge in [0.05, 0.1) is 40.2 Å². The van der Waals surface area contributed by atoms with E-state index >= 15 is 0 Å². The average Bonchev–Trinajstić information content (AvgIpc) is 3.39. The Labute approximate surface area is 225 Å². The van der Waals surface area contributed by atoms with Crippen molar-refractivity contribution in [3.8, 4) is 6.07 Å². The van der Waals surface area contributed by atoms with E-state index in [1.165, 1.54) is 18.0 Å². The Morgan fingerprint density at radius 1 is 1.11 bits per heavy atom. The Bertz CT molecular complexity index is 1440. The number of thioether (sulfide) groups is 1. The topological polar surface area (TPSA) is 95.1 Å². The summed E-state index contributed by atoms with van der Waals surface area (Å²) in [5, 5.41) is 17.5. The van der Waals surface area contributed by atoms with Gasteiger partial charge in [-0.15, -0.1) is 0 Å². The van der Waals surface area contributed by atoms with Crippen molar-refractivity contribution >= 4 is 40.7 Å². The van der Waals surface area contributed by atoms with Gasteiger partial charge in [0.2, 0.25) is 0 Å². The molecule has 1 unspecified atom stereocenters. The van der Waals surface area contributed by atoms with Crippen molar-refractivity contribution in [3.05, 3.63) is 110 Å². The molecule has 2 heterocycles. The van der Waals surface area contributed by atoms with Crippen LogP contribution in [0.15, 0.2) is 81.1 Å². The first-order chi connectivity index (χ1) is 17.7. The van der Waals surface area contributed by atoms with E-state index in [1.54, 1.807) is 43.3 Å². The maximum absolute atomic E-state index is 13.7. The summed E-state index contributed by atoms with van der Waals surface area (Å²) < 4.78 is 5.69. The zero-order valence-corrected chi connectivity index (χ0v) is 22.5. The second-order valence-electron chi connectivity index (χ2n) is 8.91. The Balaban J connectivity index is 1.66. The molecule has 0 saturated heterocycles. The lowest BCUT2D eigenvalue weighted by Crippen LogP contribution is -2.31. The van der Waals surface area contributed by atoms with Crippen LogP contribution in [-0.4, -0.2) is 17.4 Å². The summed E-state index contributed by atoms with van der Waals surface area (Å²) in [6.45, 7) is 7.70. The summed E-state index contributed by atoms with van der Waals surface area (Å²) in [7, 11) is 0. The maximum atomic E-state index is 13.7. The quantitative estimate of drug-likeness (QED) is 0.325. The molecule has 1 atom stereocenters. The number of amides is 1. The van der Waals surface area contributed by atoms with Crippen molar-refractivity contribution in [2.75, 3.05) is 11.1 Å². The number of benzene rings is 2. The molecule has 4 rings (SSSR count). The van der Waals surface area contributed by atoms with Gasteiger partial charge < -0.3 is 15.1 Å². The van der Waals surface area contributed by atoms with E-state index in [0.717, 1.165) is 22.4 Å². The average molecular weight is 532 g/mol. The number of Topliss-reactive ketones (excluding diaryl/α,β-unsaturated/α-hetero) is 1. The van der Waals surface area contributed by atoms with Crippen LogP contribution in [0.25, 0.3) is 0 Å². The van der Waals surface area contributed by atoms with Crippen LogP contribution in [0.1, 0.15) is 45.7 Å². The highest BCUT2D eigenvalue weighted by Crippen LogP contribution is 2.41. The third kappa shape index (κ3) is 5.66. The first kappa shape index (κ1) is 26.3. The van der Waals surface area contributed by atoms with Crippen LogP contribution in [-0.2, 0) is 4.79 Å². The third-order valence-corrected chi connectivity index (χ3v) is 7.42. The molecule has 1 amide bonds. The monoisotopic (exact) mass is 531 g/mol. The molecule has 0 bridgehead atoms. The number of halogens is 1. The van der Waals surface area contributed by atoms with Crippen LogP contribution >= 0.6 is 23.4 Å². The molecular weight excluding hydrogens is 506 g/mol. The Morgan fingerprint density at radius 3 is 2.38 bits per heavy atom. The molecular formula is C29H26ClN3O3S. The predicted molar refractivity (Wildman–Crippen MR) is 147 cm³/mol. The highest BCUT2D eigenvalue weighted by molar-refractivity contribution is 8.03. The summed E-state index contributed by atoms with van der Waals surface area (Å²) >= 11 is 7.15. The Morgan fingerprint density at radius 2 is 1.78 bits per heavy atom. The molecule has 6 nitrogen and oxygen atoms in total. The number of carbonyl (C=O) groups excluding carboxylic acids is 2. The van der Waals surface area contributed by atoms with Crippen molar-refractivity contribution in [1.82, 2.24) is 5.32 Å². The van der Waals surface area contributed by atoms with Crippen LogP contribution in [0.4, 0.5) is 5.69 Å². The van der Waals surface area contributed by atoms with E-state index in [0.29, 0.717) is 38.2 Å². The lowest BCUT2D eigenvalue weighted by molar-refractivity contribution is -0.113. The Hall–Kier alpha value is -3.73. The smallest absolute Gasteiger partial charge is 0.254 e. The van der Waals surface area contributed by atoms with E-state index < -0.39 is 5.92 Å². The first-order valence-corrected chi connectivity index (χ1v) is 13.0. The molecule has 1 aromatic heterocycles. The summed E-state index contributed by atoms with van der Waals surface area (Å²) in [4.78, 5) is 26.4. The molecule has 8 heteroatoms. The van der Waals surface area contributed by atoms with E-state index in [-0.39, 0.29) is 17.4 Å². The van der Waals surface area contributed by atoms with Crippen molar-refractivity contribution in [1.29, 1.82) is 5.26 Å². The molecule has 3 aromatic rings. The predicted octanol–water partition coefficient (Wildman–Crippen LogP) is 6.81. The van der Waals surface area contributed by atoms with E-state index in [1.807, 2.05) is 32.9 Å². The number of furan rings is 1. The number of rotatable bonds is 7. The summed E-state index contributed by atoms with van der Waals surface area (Å²) in [6.07, 6.45) is 1.52. The summed E-state index contributed by atoms with van der Waals surface area (Å²) in [5.41, 5.74) is 5.58. The van der Waals surface area contributed by atoms with Crippen LogP contribution in [0.2, 0.25) is 5.02 Å². The fraction of sp³-hybridized carbons (Fsp3) is 0.207. The van der Waals surface area contributed by atoms with Gasteiger partial charge >= 0.3 is 0 Å². The molecule has 0 radical (unpaired) electrons. The van der Waals surface area contributed by atoms with Crippen molar-refractivity contribution in [2.45, 2.75) is 33.6 Å². The molecule has 2 N–H and O–H groups in total. The number of hydrogen-bond acceptors (Lipinski definition) is 6. The van der Waals surface area contributed by atoms with Crippen LogP contribution in [0, 0.1) is 32.1 Å². The normalized spacial score (nSPS) is 15.3. The van der Waals surface area contributed by atoms with Gasteiger partial charge in [0, 0.05) is 22.0 Å². The lowest BCUT2D eigenvalue weighted by atomic mass is 9.85. The van der Waals surface area contributed by atoms with Gasteiger partial charge in [-0.25, -0.2) is 0 Å². The zero-order chi connectivity index (χ0) is 26.7. The Kier molecular flexibility index (Phi) is 7.91. The van der Waals surface area contributed by atoms with E-state index in [4.69, 9.17) is 16.0 Å². The van der Waals surface area contributed by atoms with E-state index in [9.17, 15) is 14.9 Å². The number of aryl methyl sites for hydroxylation is 3. The number of allylic oxidation sites excluding steroid dienone is 2. The molecule has 0 spiro atoms. The van der Waals surface area contributed by atoms with Crippen LogP contribution < -0.4 is 10.6 Å². The second-order valence-corrected chi connectivity index (χ2v) is 10.3. The number of anilines is 1. The number of nitrogens with zero attached hydrogens (tertiary/aromatic N) is 1. The van der Waals surface area contributed by atoms with Gasteiger partial charge in [0.1, 0.15) is 5.76 Å². The van der Waals surface area contributed by atoms with Gasteiger partial charge in [-0.1, -0.05) is 41.1 Å². The standard InChI is InChI=1S/C29H26ClN3O3S/c1-16-12-17(2)27(18(3)13-16)33-28(35)25-19(4)32-29(22(14-31)26(25)24-6-5-11-36-24)37-15-23(34)20-7-9-21(30)10-8-20/h5-13,26,32H,15H2,1-4H3,(H,33,35). The molecule has 2 aromatic carbocycles. The minimum absolute atomic E-state index is 0.0988. The lowest BCUT2D eigenvalue weighted by Gasteiger charge is -2.28. The molecule has 1 aliphatic rings. The zero-order valence-electron chi connectivity index (χ0n) is 20.9. The SMILES string of the molecule is CC1=C(C(=O)Nc2c(C)cc(C)cc2C)C(c2ccco2)C(C#N)=C(SCC(=O)c2ccc(Cl)cc2)N1. The van der Waals surface area contributed by atoms with Crippen molar-refractivity contribution in [2.24, 2.45) is 0 Å². The molecule has 188 valence electrons. The van der Waals surface area contributed by atoms with Crippen LogP contribution in [0.3, 0.4) is 0 Å². The minimum atomic E-state index is -0.722. The molecule has 1 aliphatic heterocycles. The highest BCUT2D eigenvalue weighted by atomic mass is 35.5. The van der Waals surface area contributed by atoms with Gasteiger partial charge in [0.15, 0.2) is 5.78 Å². The fourth-order valence-corrected chi connectivity index (χ4v) is 5.59. The largest absolute Gasteiger partial charge is 0.468 e. The number of nitrogens with one attached hydrogen (secondary N) is 2. The first-order valence-electron chi connectivity index (χ1n) is 11.7. The van der Waals surface area contributed by atoms with Crippen LogP contribution in [0.5, 0.6) is 0 Å². The van der Waals surface area contributed by atoms with Crippen molar-refractivity contribution < 1.29 is 14.0 Å². The highest BCUT2D eigenvalue weighted by Gasteiger charge is 2.36. The number of carbonyl (C=O) groups is 2. The molecule has 37 heavy (non-hydrogen) atoms. The third-order valence-electron chi connectivity index (χ3n) is 6.15. The maximum Gasteiger partial charge on any atom is 0.254 e. The number of dihydropyridines is 1. The number of ketones is 1. The van der Waals surface area contributed by atoms with Gasteiger partial charge in [-0.05, 0) is 75.2 Å².